The number of aromatic nitrogens is 2. The molecule has 1 aliphatic heterocycles. The molecular weight excluding hydrogens is 222 g/mol. The molecule has 1 aromatic heterocycles. The van der Waals surface area contributed by atoms with Gasteiger partial charge in [0.1, 0.15) is 11.7 Å². The van der Waals surface area contributed by atoms with Gasteiger partial charge in [0.2, 0.25) is 5.82 Å². The average Bonchev–Trinajstić information content (AvgIpc) is 2.97. The summed E-state index contributed by atoms with van der Waals surface area (Å²) in [5, 5.41) is 3.95. The molecule has 2 rings (SSSR count). The molecule has 96 valence electrons. The second-order valence-corrected chi connectivity index (χ2v) is 4.73. The molecule has 2 N–H and O–H groups in total. The standard InChI is InChI=1S/C11H19N3O3/c1-11(2,15-3)10-13-9(14-17-10)8-5-4-7(6-12)16-8/h7-8H,4-6,12H2,1-3H3. The van der Waals surface area contributed by atoms with Crippen LogP contribution in [-0.4, -0.2) is 29.9 Å². The molecule has 1 fully saturated rings. The summed E-state index contributed by atoms with van der Waals surface area (Å²) in [5.74, 6) is 1.05. The first kappa shape index (κ1) is 12.5. The number of ether oxygens (including phenoxy) is 2. The Morgan fingerprint density at radius 1 is 1.47 bits per heavy atom. The fraction of sp³-hybridized carbons (Fsp3) is 0.818. The summed E-state index contributed by atoms with van der Waals surface area (Å²) in [7, 11) is 1.61. The molecule has 0 radical (unpaired) electrons. The number of rotatable bonds is 4. The van der Waals surface area contributed by atoms with Crippen LogP contribution in [0, 0.1) is 0 Å². The van der Waals surface area contributed by atoms with Gasteiger partial charge in [0.25, 0.3) is 5.89 Å². The molecule has 6 heteroatoms. The Hall–Kier alpha value is -0.980. The minimum Gasteiger partial charge on any atom is -0.369 e. The topological polar surface area (TPSA) is 83.4 Å². The van der Waals surface area contributed by atoms with Crippen LogP contribution in [-0.2, 0) is 15.1 Å². The zero-order valence-electron chi connectivity index (χ0n) is 10.5. The van der Waals surface area contributed by atoms with E-state index in [1.807, 2.05) is 13.8 Å². The first-order valence-electron chi connectivity index (χ1n) is 5.81. The smallest absolute Gasteiger partial charge is 0.258 e. The van der Waals surface area contributed by atoms with Crippen LogP contribution in [0.5, 0.6) is 0 Å². The van der Waals surface area contributed by atoms with Crippen molar-refractivity contribution in [3.8, 4) is 0 Å². The van der Waals surface area contributed by atoms with Crippen molar-refractivity contribution in [3.05, 3.63) is 11.7 Å². The van der Waals surface area contributed by atoms with Crippen molar-refractivity contribution >= 4 is 0 Å². The molecule has 1 aliphatic rings. The fourth-order valence-corrected chi connectivity index (χ4v) is 1.77. The summed E-state index contributed by atoms with van der Waals surface area (Å²) in [5.41, 5.74) is 4.99. The first-order valence-corrected chi connectivity index (χ1v) is 5.81. The predicted molar refractivity (Wildman–Crippen MR) is 60.2 cm³/mol. The van der Waals surface area contributed by atoms with Crippen molar-refractivity contribution in [1.29, 1.82) is 0 Å². The maximum Gasteiger partial charge on any atom is 0.258 e. The van der Waals surface area contributed by atoms with E-state index in [1.54, 1.807) is 7.11 Å². The van der Waals surface area contributed by atoms with Gasteiger partial charge in [-0.25, -0.2) is 0 Å². The van der Waals surface area contributed by atoms with Gasteiger partial charge in [-0.05, 0) is 26.7 Å². The van der Waals surface area contributed by atoms with E-state index in [0.717, 1.165) is 12.8 Å². The van der Waals surface area contributed by atoms with Gasteiger partial charge in [-0.3, -0.25) is 0 Å². The van der Waals surface area contributed by atoms with Crippen LogP contribution in [0.15, 0.2) is 4.52 Å². The largest absolute Gasteiger partial charge is 0.369 e. The lowest BCUT2D eigenvalue weighted by molar-refractivity contribution is -0.00787. The Bertz CT molecular complexity index is 378. The van der Waals surface area contributed by atoms with E-state index in [9.17, 15) is 0 Å². The Balaban J connectivity index is 2.09. The average molecular weight is 241 g/mol. The van der Waals surface area contributed by atoms with E-state index in [1.165, 1.54) is 0 Å². The number of hydrogen-bond donors (Lipinski definition) is 1. The zero-order valence-corrected chi connectivity index (χ0v) is 10.5. The van der Waals surface area contributed by atoms with Crippen molar-refractivity contribution in [2.45, 2.75) is 44.5 Å². The third kappa shape index (κ3) is 2.48. The van der Waals surface area contributed by atoms with Crippen molar-refractivity contribution in [3.63, 3.8) is 0 Å². The normalized spacial score (nSPS) is 25.4. The Morgan fingerprint density at radius 3 is 2.82 bits per heavy atom. The van der Waals surface area contributed by atoms with E-state index in [2.05, 4.69) is 10.1 Å². The molecule has 0 amide bonds. The molecule has 0 spiro atoms. The van der Waals surface area contributed by atoms with Crippen LogP contribution in [0.2, 0.25) is 0 Å². The Kier molecular flexibility index (Phi) is 3.46. The van der Waals surface area contributed by atoms with E-state index >= 15 is 0 Å². The molecule has 2 unspecified atom stereocenters. The van der Waals surface area contributed by atoms with Gasteiger partial charge >= 0.3 is 0 Å². The lowest BCUT2D eigenvalue weighted by atomic mass is 10.1. The molecule has 1 saturated heterocycles. The van der Waals surface area contributed by atoms with Crippen LogP contribution in [0.1, 0.15) is 44.5 Å². The minimum atomic E-state index is -0.572. The third-order valence-electron chi connectivity index (χ3n) is 3.13. The van der Waals surface area contributed by atoms with Crippen LogP contribution in [0.3, 0.4) is 0 Å². The lowest BCUT2D eigenvalue weighted by Crippen LogP contribution is -2.20. The molecule has 2 heterocycles. The zero-order chi connectivity index (χ0) is 12.5. The number of nitrogens with zero attached hydrogens (tertiary/aromatic N) is 2. The van der Waals surface area contributed by atoms with Crippen molar-refractivity contribution in [2.24, 2.45) is 5.73 Å². The first-order chi connectivity index (χ1) is 8.06. The highest BCUT2D eigenvalue weighted by Crippen LogP contribution is 2.32. The summed E-state index contributed by atoms with van der Waals surface area (Å²) in [4.78, 5) is 4.33. The van der Waals surface area contributed by atoms with Gasteiger partial charge in [-0.15, -0.1) is 0 Å². The van der Waals surface area contributed by atoms with Crippen molar-refractivity contribution < 1.29 is 14.0 Å². The molecule has 0 aromatic carbocycles. The summed E-state index contributed by atoms with van der Waals surface area (Å²) in [6.07, 6.45) is 1.83. The number of hydrogen-bond acceptors (Lipinski definition) is 6. The van der Waals surface area contributed by atoms with Gasteiger partial charge in [-0.1, -0.05) is 5.16 Å². The number of methoxy groups -OCH3 is 1. The highest BCUT2D eigenvalue weighted by Gasteiger charge is 2.32. The van der Waals surface area contributed by atoms with E-state index in [0.29, 0.717) is 18.3 Å². The number of nitrogens with two attached hydrogens (primary N) is 1. The molecule has 2 atom stereocenters. The van der Waals surface area contributed by atoms with Crippen LogP contribution < -0.4 is 5.73 Å². The highest BCUT2D eigenvalue weighted by molar-refractivity contribution is 4.99. The fourth-order valence-electron chi connectivity index (χ4n) is 1.77. The quantitative estimate of drug-likeness (QED) is 0.850. The van der Waals surface area contributed by atoms with Crippen molar-refractivity contribution in [1.82, 2.24) is 10.1 Å². The lowest BCUT2D eigenvalue weighted by Gasteiger charge is -2.16. The molecule has 0 saturated carbocycles. The maximum absolute atomic E-state index is 5.71. The second-order valence-electron chi connectivity index (χ2n) is 4.73. The SMILES string of the molecule is COC(C)(C)c1nc(C2CCC(CN)O2)no1. The molecule has 0 aliphatic carbocycles. The summed E-state index contributed by atoms with van der Waals surface area (Å²) in [6, 6.07) is 0. The van der Waals surface area contributed by atoms with Crippen LogP contribution in [0.25, 0.3) is 0 Å². The Labute approximate surface area is 100 Å². The molecule has 0 bridgehead atoms. The molecule has 17 heavy (non-hydrogen) atoms. The maximum atomic E-state index is 5.71. The highest BCUT2D eigenvalue weighted by atomic mass is 16.5. The second kappa shape index (κ2) is 4.72. The van der Waals surface area contributed by atoms with E-state index in [-0.39, 0.29) is 12.2 Å². The van der Waals surface area contributed by atoms with E-state index < -0.39 is 5.60 Å². The summed E-state index contributed by atoms with van der Waals surface area (Å²) in [6.45, 7) is 4.29. The predicted octanol–water partition coefficient (Wildman–Crippen LogP) is 1.13. The summed E-state index contributed by atoms with van der Waals surface area (Å²) < 4.78 is 16.2. The van der Waals surface area contributed by atoms with Gasteiger partial charge in [-0.2, -0.15) is 4.98 Å². The van der Waals surface area contributed by atoms with Gasteiger partial charge in [0, 0.05) is 13.7 Å². The summed E-state index contributed by atoms with van der Waals surface area (Å²) >= 11 is 0. The van der Waals surface area contributed by atoms with Gasteiger partial charge < -0.3 is 19.7 Å². The molecular formula is C11H19N3O3. The third-order valence-corrected chi connectivity index (χ3v) is 3.13. The Morgan fingerprint density at radius 2 is 2.24 bits per heavy atom. The molecule has 1 aromatic rings. The van der Waals surface area contributed by atoms with Crippen molar-refractivity contribution in [2.75, 3.05) is 13.7 Å². The van der Waals surface area contributed by atoms with Crippen LogP contribution >= 0.6 is 0 Å². The van der Waals surface area contributed by atoms with Gasteiger partial charge in [0.05, 0.1) is 6.10 Å². The monoisotopic (exact) mass is 241 g/mol. The van der Waals surface area contributed by atoms with E-state index in [4.69, 9.17) is 19.7 Å². The molecule has 6 nitrogen and oxygen atoms in total. The van der Waals surface area contributed by atoms with Gasteiger partial charge in [0.15, 0.2) is 0 Å². The van der Waals surface area contributed by atoms with Crippen LogP contribution in [0.4, 0.5) is 0 Å². The minimum absolute atomic E-state index is 0.103.